The molecule has 0 saturated carbocycles. The zero-order valence-electron chi connectivity index (χ0n) is 16.5. The molecule has 1 amide bonds. The zero-order chi connectivity index (χ0) is 21.8. The molecule has 0 spiro atoms. The predicted octanol–water partition coefficient (Wildman–Crippen LogP) is 5.83. The first kappa shape index (κ1) is 21.5. The average Bonchev–Trinajstić information content (AvgIpc) is 3.41. The van der Waals surface area contributed by atoms with Crippen LogP contribution in [0.25, 0.3) is 5.69 Å². The highest BCUT2D eigenvalue weighted by atomic mass is 35.5. The molecule has 0 fully saturated rings. The molecule has 0 radical (unpaired) electrons. The minimum atomic E-state index is -0.580. The number of hydrogen-bond donors (Lipinski definition) is 1. The lowest BCUT2D eigenvalue weighted by Crippen LogP contribution is -2.23. The first-order valence-electron chi connectivity index (χ1n) is 9.46. The number of carbonyl (C=O) groups is 1. The number of halogens is 2. The Morgan fingerprint density at radius 3 is 2.71 bits per heavy atom. The summed E-state index contributed by atoms with van der Waals surface area (Å²) in [5, 5.41) is 13.7. The number of nitrogens with one attached hydrogen (secondary N) is 1. The second kappa shape index (κ2) is 9.64. The Morgan fingerprint density at radius 2 is 2.00 bits per heavy atom. The summed E-state index contributed by atoms with van der Waals surface area (Å²) in [4.78, 5) is 13.8. The molecule has 0 aliphatic rings. The van der Waals surface area contributed by atoms with Crippen LogP contribution in [-0.4, -0.2) is 25.9 Å². The van der Waals surface area contributed by atoms with E-state index < -0.39 is 11.1 Å². The monoisotopic (exact) mass is 472 g/mol. The number of anilines is 1. The van der Waals surface area contributed by atoms with Crippen LogP contribution in [0, 0.1) is 5.82 Å². The number of hydrogen-bond acceptors (Lipinski definition) is 5. The molecule has 9 heteroatoms. The van der Waals surface area contributed by atoms with E-state index in [1.807, 2.05) is 46.3 Å². The van der Waals surface area contributed by atoms with E-state index in [-0.39, 0.29) is 16.6 Å². The summed E-state index contributed by atoms with van der Waals surface area (Å²) < 4.78 is 16.0. The highest BCUT2D eigenvalue weighted by Gasteiger charge is 2.22. The molecule has 31 heavy (non-hydrogen) atoms. The van der Waals surface area contributed by atoms with Crippen molar-refractivity contribution in [3.05, 3.63) is 87.6 Å². The van der Waals surface area contributed by atoms with Gasteiger partial charge in [-0.05, 0) is 48.7 Å². The maximum absolute atomic E-state index is 14.0. The van der Waals surface area contributed by atoms with Gasteiger partial charge in [-0.25, -0.2) is 4.39 Å². The van der Waals surface area contributed by atoms with Gasteiger partial charge in [0.2, 0.25) is 5.91 Å². The molecule has 1 atom stereocenters. The molecule has 5 nitrogen and oxygen atoms in total. The fraction of sp³-hybridized carbons (Fsp3) is 0.136. The van der Waals surface area contributed by atoms with Crippen LogP contribution in [0.4, 0.5) is 10.1 Å². The highest BCUT2D eigenvalue weighted by Crippen LogP contribution is 2.28. The van der Waals surface area contributed by atoms with E-state index >= 15 is 0 Å². The van der Waals surface area contributed by atoms with E-state index in [9.17, 15) is 9.18 Å². The Morgan fingerprint density at radius 1 is 1.19 bits per heavy atom. The quantitative estimate of drug-likeness (QED) is 0.344. The van der Waals surface area contributed by atoms with E-state index in [0.717, 1.165) is 17.6 Å². The molecule has 2 aromatic heterocycles. The maximum atomic E-state index is 14.0. The maximum Gasteiger partial charge on any atom is 0.237 e. The molecule has 0 saturated heterocycles. The molecule has 4 aromatic rings. The van der Waals surface area contributed by atoms with Gasteiger partial charge in [0.1, 0.15) is 11.6 Å². The smallest absolute Gasteiger partial charge is 0.237 e. The fourth-order valence-corrected chi connectivity index (χ4v) is 4.68. The van der Waals surface area contributed by atoms with Gasteiger partial charge in [0.05, 0.1) is 10.9 Å². The minimum Gasteiger partial charge on any atom is -0.323 e. The fourth-order valence-electron chi connectivity index (χ4n) is 2.93. The number of thioether (sulfide) groups is 1. The van der Waals surface area contributed by atoms with Crippen molar-refractivity contribution in [2.75, 3.05) is 5.32 Å². The number of amides is 1. The van der Waals surface area contributed by atoms with Gasteiger partial charge in [-0.15, -0.1) is 21.5 Å². The molecule has 2 aromatic carbocycles. The molecule has 158 valence electrons. The van der Waals surface area contributed by atoms with Crippen molar-refractivity contribution in [2.24, 2.45) is 0 Å². The summed E-state index contributed by atoms with van der Waals surface area (Å²) in [6, 6.07) is 18.0. The van der Waals surface area contributed by atoms with Gasteiger partial charge in [-0.3, -0.25) is 9.36 Å². The third kappa shape index (κ3) is 5.15. The first-order chi connectivity index (χ1) is 15.0. The van der Waals surface area contributed by atoms with Crippen LogP contribution in [0.2, 0.25) is 5.02 Å². The second-order valence-corrected chi connectivity index (χ2v) is 9.48. The number of benzene rings is 2. The van der Waals surface area contributed by atoms with Crippen LogP contribution < -0.4 is 5.32 Å². The van der Waals surface area contributed by atoms with Gasteiger partial charge in [0.25, 0.3) is 0 Å². The summed E-state index contributed by atoms with van der Waals surface area (Å²) in [5.41, 5.74) is 1.00. The predicted molar refractivity (Wildman–Crippen MR) is 124 cm³/mol. The number of nitrogens with zero attached hydrogens (tertiary/aromatic N) is 3. The van der Waals surface area contributed by atoms with Gasteiger partial charge in [0, 0.05) is 22.0 Å². The average molecular weight is 473 g/mol. The van der Waals surface area contributed by atoms with Crippen LogP contribution in [0.5, 0.6) is 0 Å². The van der Waals surface area contributed by atoms with Gasteiger partial charge in [0.15, 0.2) is 5.16 Å². The SMILES string of the molecule is C[C@H](Sc1nnc(Cc2cccs2)n1-c1ccccc1)C(=O)Nc1ccc(Cl)cc1F. The molecular weight excluding hydrogens is 455 g/mol. The van der Waals surface area contributed by atoms with Crippen molar-refractivity contribution < 1.29 is 9.18 Å². The van der Waals surface area contributed by atoms with Crippen LogP contribution in [0.1, 0.15) is 17.6 Å². The van der Waals surface area contributed by atoms with Crippen LogP contribution in [0.15, 0.2) is 71.2 Å². The summed E-state index contributed by atoms with van der Waals surface area (Å²) in [5.74, 6) is -0.134. The van der Waals surface area contributed by atoms with E-state index in [1.165, 1.54) is 28.8 Å². The lowest BCUT2D eigenvalue weighted by Gasteiger charge is -2.14. The summed E-state index contributed by atoms with van der Waals surface area (Å²) in [7, 11) is 0. The highest BCUT2D eigenvalue weighted by molar-refractivity contribution is 8.00. The molecular formula is C22H18ClFN4OS2. The number of para-hydroxylation sites is 1. The summed E-state index contributed by atoms with van der Waals surface area (Å²) >= 11 is 8.70. The second-order valence-electron chi connectivity index (χ2n) is 6.70. The van der Waals surface area contributed by atoms with Crippen LogP contribution >= 0.6 is 34.7 Å². The van der Waals surface area contributed by atoms with Gasteiger partial charge in [-0.2, -0.15) is 0 Å². The van der Waals surface area contributed by atoms with Crippen molar-refractivity contribution >= 4 is 46.3 Å². The van der Waals surface area contributed by atoms with E-state index in [1.54, 1.807) is 18.3 Å². The molecule has 4 rings (SSSR count). The van der Waals surface area contributed by atoms with Crippen molar-refractivity contribution in [1.82, 2.24) is 14.8 Å². The Hall–Kier alpha value is -2.68. The molecule has 0 aliphatic heterocycles. The lowest BCUT2D eigenvalue weighted by molar-refractivity contribution is -0.115. The Labute approximate surface area is 192 Å². The van der Waals surface area contributed by atoms with Gasteiger partial charge in [-0.1, -0.05) is 47.6 Å². The van der Waals surface area contributed by atoms with Crippen molar-refractivity contribution in [1.29, 1.82) is 0 Å². The number of rotatable bonds is 7. The molecule has 0 unspecified atom stereocenters. The van der Waals surface area contributed by atoms with Crippen molar-refractivity contribution in [3.8, 4) is 5.69 Å². The largest absolute Gasteiger partial charge is 0.323 e. The third-order valence-electron chi connectivity index (χ3n) is 4.47. The molecule has 2 heterocycles. The van der Waals surface area contributed by atoms with Gasteiger partial charge < -0.3 is 5.32 Å². The topological polar surface area (TPSA) is 59.8 Å². The van der Waals surface area contributed by atoms with Crippen LogP contribution in [-0.2, 0) is 11.2 Å². The third-order valence-corrected chi connectivity index (χ3v) is 6.62. The zero-order valence-corrected chi connectivity index (χ0v) is 18.8. The lowest BCUT2D eigenvalue weighted by atomic mass is 10.3. The molecule has 1 N–H and O–H groups in total. The van der Waals surface area contributed by atoms with Crippen molar-refractivity contribution in [2.45, 2.75) is 23.8 Å². The van der Waals surface area contributed by atoms with Gasteiger partial charge >= 0.3 is 0 Å². The van der Waals surface area contributed by atoms with Crippen LogP contribution in [0.3, 0.4) is 0 Å². The number of aromatic nitrogens is 3. The summed E-state index contributed by atoms with van der Waals surface area (Å²) in [6.07, 6.45) is 0.636. The minimum absolute atomic E-state index is 0.0877. The van der Waals surface area contributed by atoms with Crippen molar-refractivity contribution in [3.63, 3.8) is 0 Å². The molecule has 0 bridgehead atoms. The summed E-state index contributed by atoms with van der Waals surface area (Å²) in [6.45, 7) is 1.75. The normalized spacial score (nSPS) is 12.0. The van der Waals surface area contributed by atoms with E-state index in [2.05, 4.69) is 21.6 Å². The van der Waals surface area contributed by atoms with E-state index in [0.29, 0.717) is 11.6 Å². The number of carbonyl (C=O) groups excluding carboxylic acids is 1. The van der Waals surface area contributed by atoms with E-state index in [4.69, 9.17) is 11.6 Å². The Bertz CT molecular complexity index is 1180. The Kier molecular flexibility index (Phi) is 6.70. The first-order valence-corrected chi connectivity index (χ1v) is 11.6. The standard InChI is InChI=1S/C22H18ClFN4OS2/c1-14(21(29)25-19-10-9-15(23)12-18(19)24)31-22-27-26-20(13-17-8-5-11-30-17)28(22)16-6-3-2-4-7-16/h2-12,14H,13H2,1H3,(H,25,29)/t14-/m0/s1. The Balaban J connectivity index is 1.57. The molecule has 0 aliphatic carbocycles. The number of thiophene rings is 1.